The second-order valence-electron chi connectivity index (χ2n) is 4.94. The van der Waals surface area contributed by atoms with Crippen LogP contribution in [-0.2, 0) is 14.3 Å². The molecule has 0 unspecified atom stereocenters. The van der Waals surface area contributed by atoms with E-state index in [9.17, 15) is 14.7 Å². The molecule has 1 aliphatic heterocycles. The summed E-state index contributed by atoms with van der Waals surface area (Å²) >= 11 is 0. The van der Waals surface area contributed by atoms with E-state index in [1.807, 2.05) is 0 Å². The highest BCUT2D eigenvalue weighted by atomic mass is 16.8. The largest absolute Gasteiger partial charge is 0.509 e. The van der Waals surface area contributed by atoms with Crippen LogP contribution in [0.3, 0.4) is 0 Å². The number of hydrogen-bond donors (Lipinski definition) is 2. The molecule has 1 aliphatic rings. The van der Waals surface area contributed by atoms with Crippen molar-refractivity contribution < 1.29 is 29.3 Å². The highest BCUT2D eigenvalue weighted by Gasteiger charge is 2.40. The SMILES string of the molecule is C#CC#CC#C[C@@H](O)[C@@H]1OC(=O)O[C@H]1CCCCCCC(=O)O. The van der Waals surface area contributed by atoms with Crippen molar-refractivity contribution in [3.63, 3.8) is 0 Å². The zero-order valence-electron chi connectivity index (χ0n) is 12.6. The molecule has 2 N–H and O–H groups in total. The number of unbranched alkanes of at least 4 members (excludes halogenated alkanes) is 3. The smallest absolute Gasteiger partial charge is 0.481 e. The maximum absolute atomic E-state index is 11.2. The topological polar surface area (TPSA) is 93.1 Å². The Morgan fingerprint density at radius 1 is 1.17 bits per heavy atom. The Kier molecular flexibility index (Phi) is 8.14. The summed E-state index contributed by atoms with van der Waals surface area (Å²) in [6.45, 7) is 0. The van der Waals surface area contributed by atoms with Crippen molar-refractivity contribution in [2.24, 2.45) is 0 Å². The van der Waals surface area contributed by atoms with Gasteiger partial charge in [0.25, 0.3) is 0 Å². The van der Waals surface area contributed by atoms with Gasteiger partial charge >= 0.3 is 12.1 Å². The van der Waals surface area contributed by atoms with Crippen LogP contribution in [0.15, 0.2) is 0 Å². The standard InChI is InChI=1S/C17H18O6/c1-2-3-4-7-10-13(18)16-14(22-17(21)23-16)11-8-5-6-9-12-15(19)20/h1,13-14,16,18H,5-6,8-9,11-12H2,(H,19,20)/t13-,14+,16+/m1/s1. The van der Waals surface area contributed by atoms with E-state index in [-0.39, 0.29) is 6.42 Å². The Bertz CT molecular complexity index is 580. The summed E-state index contributed by atoms with van der Waals surface area (Å²) in [6.07, 6.45) is 5.06. The van der Waals surface area contributed by atoms with Crippen LogP contribution in [0, 0.1) is 36.0 Å². The molecule has 0 spiro atoms. The number of aliphatic carboxylic acids is 1. The summed E-state index contributed by atoms with van der Waals surface area (Å²) in [5.74, 6) is 10.8. The number of carbonyl (C=O) groups excluding carboxylic acids is 1. The highest BCUT2D eigenvalue weighted by Crippen LogP contribution is 2.23. The molecule has 0 aromatic heterocycles. The van der Waals surface area contributed by atoms with Crippen LogP contribution in [0.2, 0.25) is 0 Å². The van der Waals surface area contributed by atoms with Gasteiger partial charge in [0.1, 0.15) is 6.10 Å². The molecule has 1 saturated heterocycles. The van der Waals surface area contributed by atoms with Crippen molar-refractivity contribution in [2.75, 3.05) is 0 Å². The molecule has 122 valence electrons. The lowest BCUT2D eigenvalue weighted by Gasteiger charge is -2.16. The number of hydrogen-bond acceptors (Lipinski definition) is 5. The number of ether oxygens (including phenoxy) is 2. The molecule has 3 atom stereocenters. The van der Waals surface area contributed by atoms with Gasteiger partial charge in [0, 0.05) is 6.42 Å². The van der Waals surface area contributed by atoms with Crippen LogP contribution in [0.5, 0.6) is 0 Å². The summed E-state index contributed by atoms with van der Waals surface area (Å²) in [7, 11) is 0. The van der Waals surface area contributed by atoms with Gasteiger partial charge in [0.15, 0.2) is 12.2 Å². The third-order valence-electron chi connectivity index (χ3n) is 3.20. The van der Waals surface area contributed by atoms with E-state index in [0.717, 1.165) is 19.3 Å². The fourth-order valence-corrected chi connectivity index (χ4v) is 2.13. The van der Waals surface area contributed by atoms with Crippen LogP contribution < -0.4 is 0 Å². The van der Waals surface area contributed by atoms with Crippen molar-refractivity contribution in [2.45, 2.75) is 56.8 Å². The van der Waals surface area contributed by atoms with Gasteiger partial charge in [-0.2, -0.15) is 0 Å². The average Bonchev–Trinajstić information content (AvgIpc) is 2.87. The highest BCUT2D eigenvalue weighted by molar-refractivity contribution is 5.66. The third kappa shape index (κ3) is 7.27. The summed E-state index contributed by atoms with van der Waals surface area (Å²) in [6, 6.07) is 0. The molecule has 0 bridgehead atoms. The van der Waals surface area contributed by atoms with Gasteiger partial charge < -0.3 is 19.7 Å². The lowest BCUT2D eigenvalue weighted by Crippen LogP contribution is -2.34. The van der Waals surface area contributed by atoms with Gasteiger partial charge in [-0.05, 0) is 42.9 Å². The normalized spacial score (nSPS) is 19.9. The molecule has 0 saturated carbocycles. The van der Waals surface area contributed by atoms with Crippen molar-refractivity contribution in [1.82, 2.24) is 0 Å². The minimum absolute atomic E-state index is 0.150. The quantitative estimate of drug-likeness (QED) is 0.398. The van der Waals surface area contributed by atoms with Crippen molar-refractivity contribution in [1.29, 1.82) is 0 Å². The molecule has 6 nitrogen and oxygen atoms in total. The molecular weight excluding hydrogens is 300 g/mol. The number of cyclic esters (lactones) is 2. The predicted molar refractivity (Wildman–Crippen MR) is 80.9 cm³/mol. The summed E-state index contributed by atoms with van der Waals surface area (Å²) in [4.78, 5) is 21.6. The molecule has 1 heterocycles. The molecule has 23 heavy (non-hydrogen) atoms. The number of carboxylic acids is 1. The Hall–Kier alpha value is -2.62. The van der Waals surface area contributed by atoms with E-state index in [0.29, 0.717) is 12.8 Å². The Morgan fingerprint density at radius 3 is 2.61 bits per heavy atom. The number of rotatable bonds is 8. The average molecular weight is 318 g/mol. The van der Waals surface area contributed by atoms with Crippen LogP contribution >= 0.6 is 0 Å². The van der Waals surface area contributed by atoms with E-state index in [1.54, 1.807) is 0 Å². The Balaban J connectivity index is 2.40. The van der Waals surface area contributed by atoms with Gasteiger partial charge in [-0.25, -0.2) is 4.79 Å². The van der Waals surface area contributed by atoms with Gasteiger partial charge in [-0.1, -0.05) is 18.8 Å². The molecular formula is C17H18O6. The second kappa shape index (κ2) is 10.2. The van der Waals surface area contributed by atoms with Crippen molar-refractivity contribution in [3.05, 3.63) is 0 Å². The Morgan fingerprint density at radius 2 is 1.91 bits per heavy atom. The molecule has 0 aromatic rings. The first-order chi connectivity index (χ1) is 11.0. The number of terminal acetylenes is 1. The third-order valence-corrected chi connectivity index (χ3v) is 3.20. The number of aliphatic hydroxyl groups excluding tert-OH is 1. The summed E-state index contributed by atoms with van der Waals surface area (Å²) < 4.78 is 9.94. The van der Waals surface area contributed by atoms with Crippen LogP contribution in [-0.4, -0.2) is 40.6 Å². The lowest BCUT2D eigenvalue weighted by molar-refractivity contribution is -0.137. The zero-order chi connectivity index (χ0) is 17.1. The molecule has 0 aliphatic carbocycles. The lowest BCUT2D eigenvalue weighted by atomic mass is 10.0. The fourth-order valence-electron chi connectivity index (χ4n) is 2.13. The van der Waals surface area contributed by atoms with E-state index < -0.39 is 30.4 Å². The van der Waals surface area contributed by atoms with Crippen molar-refractivity contribution >= 4 is 12.1 Å². The first kappa shape index (κ1) is 18.4. The van der Waals surface area contributed by atoms with E-state index in [2.05, 4.69) is 29.6 Å². The van der Waals surface area contributed by atoms with Gasteiger partial charge in [0.2, 0.25) is 0 Å². The number of carbonyl (C=O) groups is 2. The number of aliphatic hydroxyl groups is 1. The van der Waals surface area contributed by atoms with Crippen LogP contribution in [0.1, 0.15) is 38.5 Å². The second-order valence-corrected chi connectivity index (χ2v) is 4.94. The van der Waals surface area contributed by atoms with E-state index in [4.69, 9.17) is 21.0 Å². The maximum atomic E-state index is 11.2. The van der Waals surface area contributed by atoms with Gasteiger partial charge in [0.05, 0.1) is 0 Å². The molecule has 6 heteroatoms. The van der Waals surface area contributed by atoms with Gasteiger partial charge in [-0.3, -0.25) is 4.79 Å². The first-order valence-corrected chi connectivity index (χ1v) is 7.28. The van der Waals surface area contributed by atoms with Gasteiger partial charge in [-0.15, -0.1) is 6.42 Å². The van der Waals surface area contributed by atoms with Crippen LogP contribution in [0.4, 0.5) is 4.79 Å². The van der Waals surface area contributed by atoms with E-state index >= 15 is 0 Å². The predicted octanol–water partition coefficient (Wildman–Crippen LogP) is 1.32. The number of carboxylic acid groups (broad SMARTS) is 1. The summed E-state index contributed by atoms with van der Waals surface area (Å²) in [5, 5.41) is 18.5. The summed E-state index contributed by atoms with van der Waals surface area (Å²) in [5.41, 5.74) is 0. The van der Waals surface area contributed by atoms with E-state index in [1.165, 1.54) is 0 Å². The van der Waals surface area contributed by atoms with Crippen molar-refractivity contribution in [3.8, 4) is 36.0 Å². The zero-order valence-corrected chi connectivity index (χ0v) is 12.6. The monoisotopic (exact) mass is 318 g/mol. The maximum Gasteiger partial charge on any atom is 0.509 e. The minimum atomic E-state index is -1.20. The Labute approximate surface area is 135 Å². The molecule has 1 rings (SSSR count). The first-order valence-electron chi connectivity index (χ1n) is 7.28. The molecule has 0 aromatic carbocycles. The molecule has 1 fully saturated rings. The molecule has 0 radical (unpaired) electrons. The minimum Gasteiger partial charge on any atom is -0.481 e. The van der Waals surface area contributed by atoms with Crippen LogP contribution in [0.25, 0.3) is 0 Å². The fraction of sp³-hybridized carbons (Fsp3) is 0.529. The molecule has 0 amide bonds.